The highest BCUT2D eigenvalue weighted by Crippen LogP contribution is 2.51. The summed E-state index contributed by atoms with van der Waals surface area (Å²) in [6.07, 6.45) is 12.6. The predicted octanol–water partition coefficient (Wildman–Crippen LogP) is 4.21. The molecule has 0 bridgehead atoms. The molecule has 2 saturated heterocycles. The van der Waals surface area contributed by atoms with Gasteiger partial charge in [0.2, 0.25) is 0 Å². The fraction of sp³-hybridized carbons (Fsp3) is 1.00. The number of hydrogen-bond donors (Lipinski definition) is 0. The summed E-state index contributed by atoms with van der Waals surface area (Å²) < 4.78 is 0. The Morgan fingerprint density at radius 3 is 1.73 bits per heavy atom. The maximum absolute atomic E-state index is 2.54. The lowest BCUT2D eigenvalue weighted by atomic mass is 10.3. The van der Waals surface area contributed by atoms with Gasteiger partial charge in [-0.3, -0.25) is 0 Å². The molecule has 3 heteroatoms. The molecule has 0 amide bonds. The Bertz CT molecular complexity index is 175. The van der Waals surface area contributed by atoms with Crippen LogP contribution in [-0.4, -0.2) is 49.3 Å². The van der Waals surface area contributed by atoms with Crippen molar-refractivity contribution in [1.82, 2.24) is 0 Å². The number of rotatable bonds is 4. The summed E-state index contributed by atoms with van der Waals surface area (Å²) in [6.45, 7) is 5.08. The van der Waals surface area contributed by atoms with E-state index in [0.29, 0.717) is 15.8 Å². The molecule has 88 valence electrons. The summed E-state index contributed by atoms with van der Waals surface area (Å²) >= 11 is 0. The minimum atomic E-state index is 0.449. The van der Waals surface area contributed by atoms with Crippen molar-refractivity contribution in [2.45, 2.75) is 37.0 Å². The molecule has 0 saturated carbocycles. The summed E-state index contributed by atoms with van der Waals surface area (Å²) in [5.41, 5.74) is 2.34. The van der Waals surface area contributed by atoms with Crippen LogP contribution in [0.5, 0.6) is 0 Å². The van der Waals surface area contributed by atoms with E-state index >= 15 is 0 Å². The van der Waals surface area contributed by atoms with Gasteiger partial charge in [-0.15, -0.1) is 24.4 Å². The summed E-state index contributed by atoms with van der Waals surface area (Å²) in [7, 11) is 2.20. The molecule has 4 unspecified atom stereocenters. The van der Waals surface area contributed by atoms with E-state index in [-0.39, 0.29) is 0 Å². The van der Waals surface area contributed by atoms with Gasteiger partial charge in [0.15, 0.2) is 0 Å². The van der Waals surface area contributed by atoms with E-state index in [2.05, 4.69) is 13.3 Å². The standard InChI is InChI=1S/C12H25P3/c1-14-7-3-5-11(14)9-13-10-12-6-4-8-15(12)2/h11-13H,3-10H2,1-2H3. The molecule has 2 aliphatic rings. The predicted molar refractivity (Wildman–Crippen MR) is 79.5 cm³/mol. The van der Waals surface area contributed by atoms with E-state index in [0.717, 1.165) is 0 Å². The van der Waals surface area contributed by atoms with Gasteiger partial charge in [-0.05, 0) is 75.0 Å². The molecule has 4 atom stereocenters. The Morgan fingerprint density at radius 1 is 0.933 bits per heavy atom. The van der Waals surface area contributed by atoms with Crippen molar-refractivity contribution in [3.8, 4) is 0 Å². The summed E-state index contributed by atoms with van der Waals surface area (Å²) in [4.78, 5) is 0. The zero-order valence-electron chi connectivity index (χ0n) is 10.2. The lowest BCUT2D eigenvalue weighted by molar-refractivity contribution is 0.828. The largest absolute Gasteiger partial charge is 0.121 e. The van der Waals surface area contributed by atoms with Crippen molar-refractivity contribution in [2.24, 2.45) is 0 Å². The van der Waals surface area contributed by atoms with Crippen LogP contribution in [0.4, 0.5) is 0 Å². The molecule has 2 fully saturated rings. The van der Waals surface area contributed by atoms with Gasteiger partial charge in [0.25, 0.3) is 0 Å². The Labute approximate surface area is 99.7 Å². The first-order valence-corrected chi connectivity index (χ1v) is 11.9. The van der Waals surface area contributed by atoms with Crippen LogP contribution in [-0.2, 0) is 0 Å². The first kappa shape index (κ1) is 12.7. The quantitative estimate of drug-likeness (QED) is 0.666. The Balaban J connectivity index is 1.62. The Kier molecular flexibility index (Phi) is 5.34. The average molecular weight is 262 g/mol. The molecule has 0 nitrogen and oxygen atoms in total. The zero-order valence-corrected chi connectivity index (χ0v) is 13.0. The van der Waals surface area contributed by atoms with E-state index in [4.69, 9.17) is 0 Å². The fourth-order valence-corrected chi connectivity index (χ4v) is 10.7. The third kappa shape index (κ3) is 3.63. The van der Waals surface area contributed by atoms with Crippen molar-refractivity contribution in [1.29, 1.82) is 0 Å². The fourth-order valence-electron chi connectivity index (χ4n) is 2.89. The first-order chi connectivity index (χ1) is 7.27. The molecule has 0 radical (unpaired) electrons. The van der Waals surface area contributed by atoms with Crippen LogP contribution in [0.2, 0.25) is 0 Å². The lowest BCUT2D eigenvalue weighted by Gasteiger charge is -2.19. The van der Waals surface area contributed by atoms with Crippen LogP contribution in [0, 0.1) is 0 Å². The van der Waals surface area contributed by atoms with Crippen LogP contribution in [0.15, 0.2) is 0 Å². The third-order valence-corrected chi connectivity index (χ3v) is 11.8. The molecule has 2 rings (SSSR count). The lowest BCUT2D eigenvalue weighted by Crippen LogP contribution is -2.07. The molecule has 0 aliphatic carbocycles. The molecule has 0 aromatic rings. The second-order valence-corrected chi connectivity index (χ2v) is 11.9. The van der Waals surface area contributed by atoms with Crippen molar-refractivity contribution >= 4 is 24.4 Å². The van der Waals surface area contributed by atoms with E-state index in [1.807, 2.05) is 0 Å². The Morgan fingerprint density at radius 2 is 1.40 bits per heavy atom. The molecule has 2 aliphatic heterocycles. The Hall–Kier alpha value is 1.29. The van der Waals surface area contributed by atoms with Crippen molar-refractivity contribution in [3.63, 3.8) is 0 Å². The van der Waals surface area contributed by atoms with Gasteiger partial charge in [0.1, 0.15) is 0 Å². The van der Waals surface area contributed by atoms with Crippen molar-refractivity contribution in [3.05, 3.63) is 0 Å². The minimum Gasteiger partial charge on any atom is -0.121 e. The highest BCUT2D eigenvalue weighted by molar-refractivity contribution is 7.59. The monoisotopic (exact) mass is 262 g/mol. The highest BCUT2D eigenvalue weighted by atomic mass is 31.1. The maximum Gasteiger partial charge on any atom is -0.0175 e. The van der Waals surface area contributed by atoms with Crippen LogP contribution >= 0.6 is 24.4 Å². The zero-order chi connectivity index (χ0) is 10.7. The molecule has 0 spiro atoms. The number of hydrogen-bond acceptors (Lipinski definition) is 0. The van der Waals surface area contributed by atoms with Gasteiger partial charge in [0, 0.05) is 0 Å². The smallest absolute Gasteiger partial charge is 0.0175 e. The molecular weight excluding hydrogens is 237 g/mol. The first-order valence-electron chi connectivity index (χ1n) is 6.38. The molecule has 0 aromatic carbocycles. The highest BCUT2D eigenvalue weighted by Gasteiger charge is 2.25. The van der Waals surface area contributed by atoms with Crippen LogP contribution in [0.25, 0.3) is 0 Å². The molecule has 2 heterocycles. The van der Waals surface area contributed by atoms with Crippen LogP contribution in [0.1, 0.15) is 25.7 Å². The molecular formula is C12H25P3. The molecule has 15 heavy (non-hydrogen) atoms. The summed E-state index contributed by atoms with van der Waals surface area (Å²) in [5.74, 6) is 0. The van der Waals surface area contributed by atoms with Gasteiger partial charge >= 0.3 is 0 Å². The van der Waals surface area contributed by atoms with Gasteiger partial charge in [-0.1, -0.05) is 0 Å². The van der Waals surface area contributed by atoms with E-state index in [1.165, 1.54) is 19.9 Å². The molecule has 0 N–H and O–H groups in total. The van der Waals surface area contributed by atoms with Crippen molar-refractivity contribution in [2.75, 3.05) is 38.0 Å². The van der Waals surface area contributed by atoms with E-state index in [1.54, 1.807) is 50.3 Å². The van der Waals surface area contributed by atoms with Crippen LogP contribution < -0.4 is 0 Å². The van der Waals surface area contributed by atoms with Gasteiger partial charge in [-0.2, -0.15) is 0 Å². The van der Waals surface area contributed by atoms with E-state index < -0.39 is 0 Å². The normalized spacial score (nSPS) is 42.0. The summed E-state index contributed by atoms with van der Waals surface area (Å²) in [6, 6.07) is 0. The second-order valence-electron chi connectivity index (χ2n) is 5.21. The summed E-state index contributed by atoms with van der Waals surface area (Å²) in [5, 5.41) is 0. The van der Waals surface area contributed by atoms with Crippen LogP contribution in [0.3, 0.4) is 0 Å². The van der Waals surface area contributed by atoms with Gasteiger partial charge in [-0.25, -0.2) is 0 Å². The van der Waals surface area contributed by atoms with Gasteiger partial charge in [0.05, 0.1) is 0 Å². The third-order valence-electron chi connectivity index (χ3n) is 4.10. The maximum atomic E-state index is 2.54. The topological polar surface area (TPSA) is 0 Å². The molecule has 0 aromatic heterocycles. The second kappa shape index (κ2) is 6.28. The van der Waals surface area contributed by atoms with Crippen molar-refractivity contribution < 1.29 is 0 Å². The minimum absolute atomic E-state index is 0.449. The SMILES string of the molecule is CP1CCCC1CPCC1CCCP1C. The average Bonchev–Trinajstić information content (AvgIpc) is 2.78. The van der Waals surface area contributed by atoms with E-state index in [9.17, 15) is 0 Å². The van der Waals surface area contributed by atoms with Gasteiger partial charge < -0.3 is 0 Å².